The number of nitrogens with one attached hydrogen (secondary N) is 2. The van der Waals surface area contributed by atoms with E-state index in [-0.39, 0.29) is 10.9 Å². The van der Waals surface area contributed by atoms with Crippen LogP contribution in [0.5, 0.6) is 0 Å². The SMILES string of the molecule is CN(C)c1ccc(/C=N\NC(=S)Nc2ccccc2F)cc1. The zero-order valence-corrected chi connectivity index (χ0v) is 13.2. The van der Waals surface area contributed by atoms with Gasteiger partial charge in [-0.15, -0.1) is 0 Å². The average molecular weight is 316 g/mol. The third-order valence-electron chi connectivity index (χ3n) is 2.91. The Kier molecular flexibility index (Phi) is 5.43. The van der Waals surface area contributed by atoms with Crippen LogP contribution in [0.2, 0.25) is 0 Å². The molecule has 4 nitrogen and oxygen atoms in total. The molecule has 0 aromatic heterocycles. The van der Waals surface area contributed by atoms with Gasteiger partial charge in [0.2, 0.25) is 0 Å². The van der Waals surface area contributed by atoms with Crippen LogP contribution in [0.15, 0.2) is 53.6 Å². The number of thiocarbonyl (C=S) groups is 1. The van der Waals surface area contributed by atoms with E-state index < -0.39 is 0 Å². The largest absolute Gasteiger partial charge is 0.378 e. The molecule has 0 amide bonds. The van der Waals surface area contributed by atoms with Gasteiger partial charge in [-0.25, -0.2) is 4.39 Å². The number of hydrogen-bond donors (Lipinski definition) is 2. The topological polar surface area (TPSA) is 39.7 Å². The van der Waals surface area contributed by atoms with E-state index in [1.807, 2.05) is 43.3 Å². The molecule has 0 saturated carbocycles. The standard InChI is InChI=1S/C16H17FN4S/c1-21(2)13-9-7-12(8-10-13)11-18-20-16(22)19-15-6-4-3-5-14(15)17/h3-11H,1-2H3,(H2,19,20,22)/b18-11-. The van der Waals surface area contributed by atoms with E-state index in [1.165, 1.54) is 6.07 Å². The highest BCUT2D eigenvalue weighted by Gasteiger charge is 2.01. The molecule has 0 fully saturated rings. The fourth-order valence-electron chi connectivity index (χ4n) is 1.74. The molecule has 0 saturated heterocycles. The van der Waals surface area contributed by atoms with Crippen molar-refractivity contribution in [2.24, 2.45) is 5.10 Å². The van der Waals surface area contributed by atoms with E-state index in [2.05, 4.69) is 15.8 Å². The Hall–Kier alpha value is -2.47. The minimum absolute atomic E-state index is 0.228. The van der Waals surface area contributed by atoms with Gasteiger partial charge in [-0.2, -0.15) is 5.10 Å². The zero-order chi connectivity index (χ0) is 15.9. The van der Waals surface area contributed by atoms with Crippen LogP contribution in [-0.2, 0) is 0 Å². The summed E-state index contributed by atoms with van der Waals surface area (Å²) in [5, 5.41) is 7.00. The van der Waals surface area contributed by atoms with E-state index in [1.54, 1.807) is 24.4 Å². The molecule has 0 spiro atoms. The Morgan fingerprint density at radius 2 is 1.82 bits per heavy atom. The lowest BCUT2D eigenvalue weighted by Gasteiger charge is -2.11. The molecule has 114 valence electrons. The van der Waals surface area contributed by atoms with Crippen molar-refractivity contribution in [3.63, 3.8) is 0 Å². The lowest BCUT2D eigenvalue weighted by atomic mass is 10.2. The Morgan fingerprint density at radius 3 is 2.45 bits per heavy atom. The third-order valence-corrected chi connectivity index (χ3v) is 3.10. The number of anilines is 2. The fraction of sp³-hybridized carbons (Fsp3) is 0.125. The van der Waals surface area contributed by atoms with Crippen molar-refractivity contribution in [3.8, 4) is 0 Å². The lowest BCUT2D eigenvalue weighted by molar-refractivity contribution is 0.632. The molecule has 2 N–H and O–H groups in total. The minimum Gasteiger partial charge on any atom is -0.378 e. The van der Waals surface area contributed by atoms with Crippen LogP contribution in [0.4, 0.5) is 15.8 Å². The van der Waals surface area contributed by atoms with Gasteiger partial charge in [0, 0.05) is 19.8 Å². The van der Waals surface area contributed by atoms with Crippen LogP contribution in [0, 0.1) is 5.82 Å². The van der Waals surface area contributed by atoms with Crippen molar-refractivity contribution in [3.05, 3.63) is 59.9 Å². The molecule has 22 heavy (non-hydrogen) atoms. The zero-order valence-electron chi connectivity index (χ0n) is 12.4. The highest BCUT2D eigenvalue weighted by Crippen LogP contribution is 2.12. The summed E-state index contributed by atoms with van der Waals surface area (Å²) < 4.78 is 13.4. The Morgan fingerprint density at radius 1 is 1.14 bits per heavy atom. The van der Waals surface area contributed by atoms with Crippen molar-refractivity contribution in [2.45, 2.75) is 0 Å². The Balaban J connectivity index is 1.89. The van der Waals surface area contributed by atoms with Gasteiger partial charge >= 0.3 is 0 Å². The quantitative estimate of drug-likeness (QED) is 0.516. The van der Waals surface area contributed by atoms with Gasteiger partial charge in [-0.05, 0) is 42.0 Å². The summed E-state index contributed by atoms with van der Waals surface area (Å²) in [6.07, 6.45) is 1.65. The predicted molar refractivity (Wildman–Crippen MR) is 94.1 cm³/mol. The first-order chi connectivity index (χ1) is 10.6. The summed E-state index contributed by atoms with van der Waals surface area (Å²) in [6.45, 7) is 0. The number of hydrazone groups is 1. The summed E-state index contributed by atoms with van der Waals surface area (Å²) in [4.78, 5) is 2.02. The first-order valence-electron chi connectivity index (χ1n) is 6.68. The van der Waals surface area contributed by atoms with E-state index in [0.717, 1.165) is 11.3 Å². The number of benzene rings is 2. The molecule has 6 heteroatoms. The summed E-state index contributed by atoms with van der Waals surface area (Å²) in [7, 11) is 3.97. The first kappa shape index (κ1) is 15.9. The first-order valence-corrected chi connectivity index (χ1v) is 7.09. The fourth-order valence-corrected chi connectivity index (χ4v) is 1.90. The van der Waals surface area contributed by atoms with Crippen LogP contribution < -0.4 is 15.6 Å². The second-order valence-corrected chi connectivity index (χ2v) is 5.20. The van der Waals surface area contributed by atoms with E-state index in [9.17, 15) is 4.39 Å². The van der Waals surface area contributed by atoms with Crippen molar-refractivity contribution >= 4 is 34.9 Å². The number of hydrogen-bond acceptors (Lipinski definition) is 3. The molecular weight excluding hydrogens is 299 g/mol. The van der Waals surface area contributed by atoms with Crippen molar-refractivity contribution in [2.75, 3.05) is 24.3 Å². The molecule has 2 aromatic rings. The molecule has 0 atom stereocenters. The number of para-hydroxylation sites is 1. The van der Waals surface area contributed by atoms with E-state index >= 15 is 0 Å². The molecule has 0 radical (unpaired) electrons. The molecule has 2 rings (SSSR count). The molecule has 0 unspecified atom stereocenters. The van der Waals surface area contributed by atoms with Gasteiger partial charge in [0.25, 0.3) is 0 Å². The van der Waals surface area contributed by atoms with Crippen LogP contribution in [0.3, 0.4) is 0 Å². The highest BCUT2D eigenvalue weighted by atomic mass is 32.1. The van der Waals surface area contributed by atoms with Crippen LogP contribution in [-0.4, -0.2) is 25.4 Å². The number of rotatable bonds is 4. The predicted octanol–water partition coefficient (Wildman–Crippen LogP) is 3.21. The van der Waals surface area contributed by atoms with Crippen LogP contribution in [0.25, 0.3) is 0 Å². The van der Waals surface area contributed by atoms with Crippen molar-refractivity contribution in [1.82, 2.24) is 5.43 Å². The molecule has 0 heterocycles. The monoisotopic (exact) mass is 316 g/mol. The number of halogens is 1. The van der Waals surface area contributed by atoms with E-state index in [4.69, 9.17) is 12.2 Å². The van der Waals surface area contributed by atoms with Gasteiger partial charge < -0.3 is 10.2 Å². The van der Waals surface area contributed by atoms with Crippen molar-refractivity contribution in [1.29, 1.82) is 0 Å². The normalized spacial score (nSPS) is 10.5. The maximum Gasteiger partial charge on any atom is 0.191 e. The molecule has 0 aliphatic heterocycles. The van der Waals surface area contributed by atoms with Gasteiger partial charge in [0.05, 0.1) is 11.9 Å². The van der Waals surface area contributed by atoms with Crippen molar-refractivity contribution < 1.29 is 4.39 Å². The van der Waals surface area contributed by atoms with Crippen LogP contribution >= 0.6 is 12.2 Å². The maximum absolute atomic E-state index is 13.4. The lowest BCUT2D eigenvalue weighted by Crippen LogP contribution is -2.24. The summed E-state index contributed by atoms with van der Waals surface area (Å²) in [5.41, 5.74) is 5.02. The molecule has 0 aliphatic carbocycles. The van der Waals surface area contributed by atoms with Gasteiger partial charge in [0.1, 0.15) is 5.82 Å². The Bertz CT molecular complexity index is 668. The molecule has 0 aliphatic rings. The van der Waals surface area contributed by atoms with Gasteiger partial charge in [-0.3, -0.25) is 5.43 Å². The van der Waals surface area contributed by atoms with Gasteiger partial charge in [-0.1, -0.05) is 24.3 Å². The maximum atomic E-state index is 13.4. The molecule has 0 bridgehead atoms. The average Bonchev–Trinajstić information content (AvgIpc) is 2.50. The minimum atomic E-state index is -0.366. The summed E-state index contributed by atoms with van der Waals surface area (Å²) in [6, 6.07) is 14.2. The highest BCUT2D eigenvalue weighted by molar-refractivity contribution is 7.80. The second-order valence-electron chi connectivity index (χ2n) is 4.79. The third kappa shape index (κ3) is 4.53. The second kappa shape index (κ2) is 7.51. The Labute approximate surface area is 134 Å². The summed E-state index contributed by atoms with van der Waals surface area (Å²) >= 11 is 5.06. The molecule has 2 aromatic carbocycles. The molecular formula is C16H17FN4S. The van der Waals surface area contributed by atoms with E-state index in [0.29, 0.717) is 5.69 Å². The van der Waals surface area contributed by atoms with Gasteiger partial charge in [0.15, 0.2) is 5.11 Å². The number of nitrogens with zero attached hydrogens (tertiary/aromatic N) is 2. The van der Waals surface area contributed by atoms with Crippen LogP contribution in [0.1, 0.15) is 5.56 Å². The smallest absolute Gasteiger partial charge is 0.191 e. The summed E-state index contributed by atoms with van der Waals surface area (Å²) in [5.74, 6) is -0.366.